The molecule has 0 aliphatic heterocycles. The summed E-state index contributed by atoms with van der Waals surface area (Å²) in [6.07, 6.45) is 0. The molecule has 31 heavy (non-hydrogen) atoms. The first-order valence-corrected chi connectivity index (χ1v) is 10.1. The van der Waals surface area contributed by atoms with Gasteiger partial charge in [0.2, 0.25) is 0 Å². The van der Waals surface area contributed by atoms with Crippen molar-refractivity contribution in [2.24, 2.45) is 0 Å². The molecule has 0 unspecified atom stereocenters. The molecule has 0 aliphatic rings. The van der Waals surface area contributed by atoms with Crippen LogP contribution in [0, 0.1) is 11.3 Å². The van der Waals surface area contributed by atoms with Gasteiger partial charge < -0.3 is 9.30 Å². The van der Waals surface area contributed by atoms with Crippen LogP contribution in [0.2, 0.25) is 0 Å². The van der Waals surface area contributed by atoms with Gasteiger partial charge >= 0.3 is 0 Å². The number of ether oxygens (including phenoxy) is 1. The zero-order valence-corrected chi connectivity index (χ0v) is 16.9. The molecule has 0 radical (unpaired) electrons. The van der Waals surface area contributed by atoms with Crippen molar-refractivity contribution in [1.29, 1.82) is 5.26 Å². The van der Waals surface area contributed by atoms with Crippen LogP contribution in [0.1, 0.15) is 5.56 Å². The summed E-state index contributed by atoms with van der Waals surface area (Å²) in [4.78, 5) is 33.4. The van der Waals surface area contributed by atoms with E-state index in [1.54, 1.807) is 34.3 Å². The largest absolute Gasteiger partial charge is 0.482 e. The predicted molar refractivity (Wildman–Crippen MR) is 114 cm³/mol. The van der Waals surface area contributed by atoms with Gasteiger partial charge in [0, 0.05) is 5.38 Å². The number of para-hydroxylation sites is 3. The van der Waals surface area contributed by atoms with Crippen LogP contribution in [0.3, 0.4) is 0 Å². The molecule has 2 N–H and O–H groups in total. The summed E-state index contributed by atoms with van der Waals surface area (Å²) >= 11 is 1.44. The minimum atomic E-state index is -0.559. The van der Waals surface area contributed by atoms with Crippen LogP contribution in [-0.4, -0.2) is 33.0 Å². The third kappa shape index (κ3) is 4.52. The third-order valence-electron chi connectivity index (χ3n) is 4.33. The molecule has 2 amide bonds. The van der Waals surface area contributed by atoms with Gasteiger partial charge in [-0.2, -0.15) is 5.26 Å². The van der Waals surface area contributed by atoms with E-state index >= 15 is 0 Å². The number of hydrogen-bond acceptors (Lipinski definition) is 7. The Hall–Kier alpha value is -4.23. The number of imidazole rings is 1. The van der Waals surface area contributed by atoms with Gasteiger partial charge in [0.15, 0.2) is 12.4 Å². The van der Waals surface area contributed by atoms with Gasteiger partial charge in [-0.3, -0.25) is 20.4 Å². The molecular formula is C21H16N6O3S. The minimum Gasteiger partial charge on any atom is -0.482 e. The first kappa shape index (κ1) is 20.1. The number of fused-ring (bicyclic) bond motifs is 1. The molecule has 2 aromatic carbocycles. The topological polar surface area (TPSA) is 122 Å². The van der Waals surface area contributed by atoms with Gasteiger partial charge in [-0.05, 0) is 24.3 Å². The summed E-state index contributed by atoms with van der Waals surface area (Å²) in [6, 6.07) is 16.0. The lowest BCUT2D eigenvalue weighted by Crippen LogP contribution is -2.45. The Kier molecular flexibility index (Phi) is 5.86. The third-order valence-corrected chi connectivity index (χ3v) is 4.91. The van der Waals surface area contributed by atoms with E-state index < -0.39 is 11.8 Å². The molecule has 4 rings (SSSR count). The lowest BCUT2D eigenvalue weighted by Gasteiger charge is -2.11. The number of nitrogens with one attached hydrogen (secondary N) is 2. The smallest absolute Gasteiger partial charge is 0.276 e. The van der Waals surface area contributed by atoms with Gasteiger partial charge in [0.1, 0.15) is 24.1 Å². The number of nitriles is 1. The Morgan fingerprint density at radius 2 is 1.87 bits per heavy atom. The van der Waals surface area contributed by atoms with Crippen molar-refractivity contribution >= 4 is 34.2 Å². The van der Waals surface area contributed by atoms with Crippen molar-refractivity contribution in [3.8, 4) is 23.3 Å². The second-order valence-corrected chi connectivity index (χ2v) is 7.10. The summed E-state index contributed by atoms with van der Waals surface area (Å²) in [5.41, 5.74) is 8.90. The molecule has 0 spiro atoms. The van der Waals surface area contributed by atoms with E-state index in [-0.39, 0.29) is 13.2 Å². The molecule has 0 bridgehead atoms. The Labute approximate surface area is 180 Å². The maximum absolute atomic E-state index is 12.5. The van der Waals surface area contributed by atoms with Gasteiger partial charge in [-0.25, -0.2) is 9.97 Å². The zero-order valence-electron chi connectivity index (χ0n) is 16.1. The lowest BCUT2D eigenvalue weighted by atomic mass is 10.2. The predicted octanol–water partition coefficient (Wildman–Crippen LogP) is 2.26. The number of amides is 2. The van der Waals surface area contributed by atoms with Gasteiger partial charge in [-0.1, -0.05) is 24.3 Å². The molecule has 154 valence electrons. The number of rotatable bonds is 6. The van der Waals surface area contributed by atoms with E-state index in [0.717, 1.165) is 11.0 Å². The quantitative estimate of drug-likeness (QED) is 0.451. The van der Waals surface area contributed by atoms with E-state index in [1.165, 1.54) is 11.3 Å². The molecule has 0 saturated heterocycles. The molecule has 10 heteroatoms. The number of carbonyl (C=O) groups is 2. The number of hydrogen-bond donors (Lipinski definition) is 2. The molecule has 0 fully saturated rings. The van der Waals surface area contributed by atoms with Crippen molar-refractivity contribution in [3.63, 3.8) is 0 Å². The van der Waals surface area contributed by atoms with Crippen LogP contribution < -0.4 is 15.6 Å². The second kappa shape index (κ2) is 9.06. The van der Waals surface area contributed by atoms with Crippen molar-refractivity contribution < 1.29 is 14.3 Å². The fraction of sp³-hybridized carbons (Fsp3) is 0.0952. The second-order valence-electron chi connectivity index (χ2n) is 6.38. The van der Waals surface area contributed by atoms with Crippen LogP contribution >= 0.6 is 11.3 Å². The highest BCUT2D eigenvalue weighted by Gasteiger charge is 2.17. The monoisotopic (exact) mass is 432 g/mol. The molecule has 4 aromatic rings. The summed E-state index contributed by atoms with van der Waals surface area (Å²) in [6.45, 7) is -0.414. The van der Waals surface area contributed by atoms with Crippen LogP contribution in [0.4, 0.5) is 0 Å². The van der Waals surface area contributed by atoms with E-state index in [1.807, 2.05) is 35.7 Å². The molecular weight excluding hydrogens is 416 g/mol. The van der Waals surface area contributed by atoms with E-state index in [9.17, 15) is 9.59 Å². The van der Waals surface area contributed by atoms with E-state index in [2.05, 4.69) is 20.8 Å². The lowest BCUT2D eigenvalue weighted by molar-refractivity contribution is -0.130. The minimum absolute atomic E-state index is 0.0637. The molecule has 0 atom stereocenters. The van der Waals surface area contributed by atoms with Crippen molar-refractivity contribution in [3.05, 3.63) is 65.0 Å². The molecule has 2 heterocycles. The van der Waals surface area contributed by atoms with Crippen molar-refractivity contribution in [2.45, 2.75) is 6.54 Å². The highest BCUT2D eigenvalue weighted by molar-refractivity contribution is 7.07. The standard InChI is InChI=1S/C21H16N6O3S/c22-9-14-5-1-4-8-18(14)30-11-20(29)26-25-19(28)10-27-17-7-3-2-6-15(17)24-21(27)16-12-31-13-23-16/h1-8,12-13H,10-11H2,(H,25,28)(H,26,29). The normalized spacial score (nSPS) is 10.4. The first-order valence-electron chi connectivity index (χ1n) is 9.19. The number of thiazole rings is 1. The summed E-state index contributed by atoms with van der Waals surface area (Å²) < 4.78 is 7.09. The van der Waals surface area contributed by atoms with Gasteiger partial charge in [0.05, 0.1) is 22.1 Å². The highest BCUT2D eigenvalue weighted by atomic mass is 32.1. The fourth-order valence-electron chi connectivity index (χ4n) is 2.94. The number of carbonyl (C=O) groups excluding carboxylic acids is 2. The molecule has 2 aromatic heterocycles. The first-order chi connectivity index (χ1) is 15.2. The van der Waals surface area contributed by atoms with E-state index in [0.29, 0.717) is 22.8 Å². The summed E-state index contributed by atoms with van der Waals surface area (Å²) in [7, 11) is 0. The van der Waals surface area contributed by atoms with Crippen LogP contribution in [0.25, 0.3) is 22.6 Å². The number of hydrazine groups is 1. The average Bonchev–Trinajstić information content (AvgIpc) is 3.45. The van der Waals surface area contributed by atoms with Gasteiger partial charge in [0.25, 0.3) is 11.8 Å². The van der Waals surface area contributed by atoms with Crippen LogP contribution in [-0.2, 0) is 16.1 Å². The highest BCUT2D eigenvalue weighted by Crippen LogP contribution is 2.24. The Balaban J connectivity index is 1.39. The molecule has 9 nitrogen and oxygen atoms in total. The number of benzene rings is 2. The molecule has 0 aliphatic carbocycles. The van der Waals surface area contributed by atoms with Gasteiger partial charge in [-0.15, -0.1) is 11.3 Å². The zero-order chi connectivity index (χ0) is 21.6. The number of aromatic nitrogens is 3. The molecule has 0 saturated carbocycles. The van der Waals surface area contributed by atoms with Crippen molar-refractivity contribution in [2.75, 3.05) is 6.61 Å². The Bertz CT molecular complexity index is 1280. The summed E-state index contributed by atoms with van der Waals surface area (Å²) in [5.74, 6) is -0.133. The Morgan fingerprint density at radius 3 is 2.68 bits per heavy atom. The van der Waals surface area contributed by atoms with Crippen LogP contribution in [0.15, 0.2) is 59.4 Å². The maximum atomic E-state index is 12.5. The SMILES string of the molecule is N#Cc1ccccc1OCC(=O)NNC(=O)Cn1c(-c2cscn2)nc2ccccc21. The number of nitrogens with zero attached hydrogens (tertiary/aromatic N) is 4. The maximum Gasteiger partial charge on any atom is 0.276 e. The fourth-order valence-corrected chi connectivity index (χ4v) is 3.47. The average molecular weight is 432 g/mol. The van der Waals surface area contributed by atoms with Crippen molar-refractivity contribution in [1.82, 2.24) is 25.4 Å². The van der Waals surface area contributed by atoms with E-state index in [4.69, 9.17) is 10.00 Å². The summed E-state index contributed by atoms with van der Waals surface area (Å²) in [5, 5.41) is 10.9. The Morgan fingerprint density at radius 1 is 1.10 bits per heavy atom. The van der Waals surface area contributed by atoms with Crippen LogP contribution in [0.5, 0.6) is 5.75 Å².